The lowest BCUT2D eigenvalue weighted by Gasteiger charge is -2.30. The molecule has 2 N–H and O–H groups in total. The van der Waals surface area contributed by atoms with E-state index in [1.54, 1.807) is 18.2 Å². The fraction of sp³-hybridized carbons (Fsp3) is 0.400. The number of aliphatic hydroxyl groups excluding tert-OH is 1. The van der Waals surface area contributed by atoms with Crippen LogP contribution in [0.5, 0.6) is 0 Å². The summed E-state index contributed by atoms with van der Waals surface area (Å²) in [6.07, 6.45) is 2.11. The molecular weight excluding hydrogens is 290 g/mol. The Morgan fingerprint density at radius 2 is 1.81 bits per heavy atom. The summed E-state index contributed by atoms with van der Waals surface area (Å²) in [5.74, 6) is -0.535. The monoisotopic (exact) mass is 311 g/mol. The van der Waals surface area contributed by atoms with Crippen molar-refractivity contribution in [2.24, 2.45) is 0 Å². The normalized spacial score (nSPS) is 12.5. The zero-order chi connectivity index (χ0) is 15.9. The van der Waals surface area contributed by atoms with Gasteiger partial charge in [0.25, 0.3) is 0 Å². The van der Waals surface area contributed by atoms with Gasteiger partial charge in [-0.2, -0.15) is 0 Å². The maximum atomic E-state index is 12.0. The van der Waals surface area contributed by atoms with Gasteiger partial charge in [-0.3, -0.25) is 4.79 Å². The molecule has 0 aliphatic carbocycles. The van der Waals surface area contributed by atoms with Crippen LogP contribution in [-0.2, 0) is 14.6 Å². The van der Waals surface area contributed by atoms with Crippen LogP contribution < -0.4 is 5.32 Å². The van der Waals surface area contributed by atoms with Gasteiger partial charge in [-0.15, -0.1) is 0 Å². The summed E-state index contributed by atoms with van der Waals surface area (Å²) in [4.78, 5) is 12.0. The highest BCUT2D eigenvalue weighted by Crippen LogP contribution is 2.14. The summed E-state index contributed by atoms with van der Waals surface area (Å²) in [6.45, 7) is 3.51. The van der Waals surface area contributed by atoms with Crippen LogP contribution in [0.4, 0.5) is 0 Å². The number of rotatable bonds is 7. The first kappa shape index (κ1) is 17.4. The Bertz CT molecular complexity index is 581. The molecule has 5 nitrogen and oxygen atoms in total. The second-order valence-electron chi connectivity index (χ2n) is 4.80. The molecule has 0 spiro atoms. The van der Waals surface area contributed by atoms with Gasteiger partial charge in [0.2, 0.25) is 5.91 Å². The van der Waals surface area contributed by atoms with E-state index in [0.717, 1.165) is 11.5 Å². The zero-order valence-electron chi connectivity index (χ0n) is 12.2. The number of sulfone groups is 1. The topological polar surface area (TPSA) is 83.5 Å². The van der Waals surface area contributed by atoms with E-state index in [0.29, 0.717) is 12.8 Å². The smallest absolute Gasteiger partial charge is 0.245 e. The average Bonchev–Trinajstić information content (AvgIpc) is 2.52. The van der Waals surface area contributed by atoms with Gasteiger partial charge in [0, 0.05) is 11.5 Å². The summed E-state index contributed by atoms with van der Waals surface area (Å²) < 4.78 is 24.0. The van der Waals surface area contributed by atoms with Crippen LogP contribution in [0, 0.1) is 0 Å². The number of hydrogen-bond donors (Lipinski definition) is 2. The molecule has 21 heavy (non-hydrogen) atoms. The van der Waals surface area contributed by atoms with E-state index in [1.165, 1.54) is 12.1 Å². The minimum atomic E-state index is -3.63. The summed E-state index contributed by atoms with van der Waals surface area (Å²) >= 11 is 0. The van der Waals surface area contributed by atoms with Crippen LogP contribution in [0.3, 0.4) is 0 Å². The third-order valence-electron chi connectivity index (χ3n) is 3.51. The highest BCUT2D eigenvalue weighted by Gasteiger charge is 2.26. The molecule has 0 radical (unpaired) electrons. The summed E-state index contributed by atoms with van der Waals surface area (Å²) in [6, 6.07) is 7.88. The Labute approximate surface area is 125 Å². The van der Waals surface area contributed by atoms with Gasteiger partial charge in [-0.05, 0) is 25.0 Å². The lowest BCUT2D eigenvalue weighted by atomic mass is 9.94. The zero-order valence-corrected chi connectivity index (χ0v) is 13.1. The molecule has 0 saturated heterocycles. The van der Waals surface area contributed by atoms with Crippen molar-refractivity contribution in [3.05, 3.63) is 41.8 Å². The molecule has 6 heteroatoms. The SMILES string of the molecule is CCC(CC)(CO)NC(=O)C=CS(=O)(=O)c1ccccc1. The van der Waals surface area contributed by atoms with Crippen molar-refractivity contribution in [2.45, 2.75) is 37.1 Å². The second kappa shape index (κ2) is 7.38. The summed E-state index contributed by atoms with van der Waals surface area (Å²) in [7, 11) is -3.63. The van der Waals surface area contributed by atoms with Gasteiger partial charge >= 0.3 is 0 Å². The van der Waals surface area contributed by atoms with Crippen LogP contribution in [-0.4, -0.2) is 31.6 Å². The van der Waals surface area contributed by atoms with Crippen LogP contribution in [0.1, 0.15) is 26.7 Å². The number of nitrogens with one attached hydrogen (secondary N) is 1. The molecule has 0 unspecified atom stereocenters. The number of benzene rings is 1. The molecular formula is C15H21NO4S. The largest absolute Gasteiger partial charge is 0.394 e. The molecule has 0 aliphatic rings. The van der Waals surface area contributed by atoms with E-state index >= 15 is 0 Å². The van der Waals surface area contributed by atoms with Gasteiger partial charge in [-0.1, -0.05) is 32.0 Å². The molecule has 1 aromatic carbocycles. The quantitative estimate of drug-likeness (QED) is 0.750. The third kappa shape index (κ3) is 4.68. The molecule has 0 fully saturated rings. The maximum Gasteiger partial charge on any atom is 0.245 e. The van der Waals surface area contributed by atoms with Crippen molar-refractivity contribution in [1.29, 1.82) is 0 Å². The molecule has 1 rings (SSSR count). The van der Waals surface area contributed by atoms with Crippen LogP contribution in [0.15, 0.2) is 46.7 Å². The Morgan fingerprint density at radius 1 is 1.24 bits per heavy atom. The molecule has 116 valence electrons. The van der Waals surface area contributed by atoms with Crippen molar-refractivity contribution in [3.63, 3.8) is 0 Å². The lowest BCUT2D eigenvalue weighted by molar-refractivity contribution is -0.119. The minimum absolute atomic E-state index is 0.133. The van der Waals surface area contributed by atoms with E-state index in [-0.39, 0.29) is 11.5 Å². The molecule has 0 aliphatic heterocycles. The number of carbonyl (C=O) groups is 1. The number of hydrogen-bond acceptors (Lipinski definition) is 4. The van der Waals surface area contributed by atoms with E-state index < -0.39 is 21.3 Å². The Balaban J connectivity index is 2.83. The van der Waals surface area contributed by atoms with E-state index in [9.17, 15) is 18.3 Å². The highest BCUT2D eigenvalue weighted by atomic mass is 32.2. The first-order valence-electron chi connectivity index (χ1n) is 6.80. The second-order valence-corrected chi connectivity index (χ2v) is 6.63. The third-order valence-corrected chi connectivity index (χ3v) is 4.94. The van der Waals surface area contributed by atoms with Crippen molar-refractivity contribution >= 4 is 15.7 Å². The van der Waals surface area contributed by atoms with E-state index in [4.69, 9.17) is 0 Å². The van der Waals surface area contributed by atoms with Crippen LogP contribution in [0.2, 0.25) is 0 Å². The van der Waals surface area contributed by atoms with Gasteiger partial charge < -0.3 is 10.4 Å². The van der Waals surface area contributed by atoms with E-state index in [1.807, 2.05) is 13.8 Å². The molecule has 0 heterocycles. The standard InChI is InChI=1S/C15H21NO4S/c1-3-15(4-2,12-17)16-14(18)10-11-21(19,20)13-8-6-5-7-9-13/h5-11,17H,3-4,12H2,1-2H3,(H,16,18). The van der Waals surface area contributed by atoms with Crippen molar-refractivity contribution < 1.29 is 18.3 Å². The molecule has 1 amide bonds. The molecule has 1 aromatic rings. The Morgan fingerprint density at radius 3 is 2.29 bits per heavy atom. The number of carbonyl (C=O) groups excluding carboxylic acids is 1. The van der Waals surface area contributed by atoms with Gasteiger partial charge in [-0.25, -0.2) is 8.42 Å². The minimum Gasteiger partial charge on any atom is -0.394 e. The van der Waals surface area contributed by atoms with Crippen LogP contribution in [0.25, 0.3) is 0 Å². The van der Waals surface area contributed by atoms with Crippen molar-refractivity contribution in [3.8, 4) is 0 Å². The molecule has 0 aromatic heterocycles. The van der Waals surface area contributed by atoms with Crippen LogP contribution >= 0.6 is 0 Å². The highest BCUT2D eigenvalue weighted by molar-refractivity contribution is 7.94. The Kier molecular flexibility index (Phi) is 6.11. The summed E-state index contributed by atoms with van der Waals surface area (Å²) in [5.41, 5.74) is -0.710. The summed E-state index contributed by atoms with van der Waals surface area (Å²) in [5, 5.41) is 12.9. The van der Waals surface area contributed by atoms with Crippen molar-refractivity contribution in [2.75, 3.05) is 6.61 Å². The predicted octanol–water partition coefficient (Wildman–Crippen LogP) is 1.64. The van der Waals surface area contributed by atoms with Gasteiger partial charge in [0.05, 0.1) is 17.0 Å². The number of amides is 1. The Hall–Kier alpha value is -1.66. The first-order valence-corrected chi connectivity index (χ1v) is 8.35. The predicted molar refractivity (Wildman–Crippen MR) is 81.3 cm³/mol. The fourth-order valence-electron chi connectivity index (χ4n) is 1.83. The number of aliphatic hydroxyl groups is 1. The first-order chi connectivity index (χ1) is 9.89. The molecule has 0 bridgehead atoms. The molecule has 0 atom stereocenters. The lowest BCUT2D eigenvalue weighted by Crippen LogP contribution is -2.50. The maximum absolute atomic E-state index is 12.0. The van der Waals surface area contributed by atoms with E-state index in [2.05, 4.69) is 5.32 Å². The van der Waals surface area contributed by atoms with Gasteiger partial charge in [0.1, 0.15) is 0 Å². The molecule has 0 saturated carbocycles. The fourth-order valence-corrected chi connectivity index (χ4v) is 2.83. The average molecular weight is 311 g/mol. The van der Waals surface area contributed by atoms with Crippen molar-refractivity contribution in [1.82, 2.24) is 5.32 Å². The van der Waals surface area contributed by atoms with Gasteiger partial charge in [0.15, 0.2) is 9.84 Å².